The van der Waals surface area contributed by atoms with Gasteiger partial charge in [-0.15, -0.1) is 11.3 Å². The molecule has 0 aliphatic rings. The molecule has 0 aliphatic heterocycles. The Balaban J connectivity index is 2.24. The maximum atomic E-state index is 13.9. The largest absolute Gasteiger partial charge is 0.309 e. The van der Waals surface area contributed by atoms with E-state index < -0.39 is 0 Å². The minimum absolute atomic E-state index is 0.0492. The predicted octanol–water partition coefficient (Wildman–Crippen LogP) is 5.20. The van der Waals surface area contributed by atoms with Crippen LogP contribution in [0.3, 0.4) is 0 Å². The number of thiophene rings is 1. The van der Waals surface area contributed by atoms with Crippen LogP contribution in [0.4, 0.5) is 4.39 Å². The van der Waals surface area contributed by atoms with Crippen LogP contribution in [0.2, 0.25) is 5.02 Å². The highest BCUT2D eigenvalue weighted by atomic mass is 79.9. The fourth-order valence-electron chi connectivity index (χ4n) is 1.97. The Labute approximate surface area is 129 Å². The van der Waals surface area contributed by atoms with Crippen molar-refractivity contribution in [1.82, 2.24) is 5.32 Å². The van der Waals surface area contributed by atoms with Crippen LogP contribution >= 0.6 is 38.9 Å². The van der Waals surface area contributed by atoms with Gasteiger partial charge in [-0.05, 0) is 42.1 Å². The van der Waals surface area contributed by atoms with Crippen molar-refractivity contribution in [2.45, 2.75) is 19.4 Å². The van der Waals surface area contributed by atoms with E-state index in [1.807, 2.05) is 30.5 Å². The zero-order valence-corrected chi connectivity index (χ0v) is 13.6. The third kappa shape index (κ3) is 3.78. The fraction of sp³-hybridized carbons (Fsp3) is 0.286. The zero-order chi connectivity index (χ0) is 13.8. The second-order valence-corrected chi connectivity index (χ2v) is 6.45. The summed E-state index contributed by atoms with van der Waals surface area (Å²) in [5.74, 6) is -0.190. The van der Waals surface area contributed by atoms with Gasteiger partial charge in [0.25, 0.3) is 0 Å². The lowest BCUT2D eigenvalue weighted by molar-refractivity contribution is 0.534. The Morgan fingerprint density at radius 1 is 1.42 bits per heavy atom. The lowest BCUT2D eigenvalue weighted by Gasteiger charge is -2.17. The van der Waals surface area contributed by atoms with Crippen LogP contribution in [0.15, 0.2) is 34.1 Å². The summed E-state index contributed by atoms with van der Waals surface area (Å²) >= 11 is 11.0. The van der Waals surface area contributed by atoms with Gasteiger partial charge >= 0.3 is 0 Å². The van der Waals surface area contributed by atoms with E-state index in [2.05, 4.69) is 21.2 Å². The molecule has 1 nitrogen and oxygen atoms in total. The Kier molecular flexibility index (Phi) is 5.39. The van der Waals surface area contributed by atoms with Crippen molar-refractivity contribution in [3.8, 4) is 0 Å². The van der Waals surface area contributed by atoms with E-state index in [-0.39, 0.29) is 11.9 Å². The molecule has 1 aromatic heterocycles. The van der Waals surface area contributed by atoms with Crippen LogP contribution in [0.25, 0.3) is 0 Å². The maximum absolute atomic E-state index is 13.9. The van der Waals surface area contributed by atoms with Crippen molar-refractivity contribution in [2.24, 2.45) is 0 Å². The van der Waals surface area contributed by atoms with Crippen molar-refractivity contribution in [1.29, 1.82) is 0 Å². The predicted molar refractivity (Wildman–Crippen MR) is 83.6 cm³/mol. The molecule has 2 rings (SSSR count). The van der Waals surface area contributed by atoms with Crippen LogP contribution in [0.1, 0.15) is 23.4 Å². The summed E-state index contributed by atoms with van der Waals surface area (Å²) in [7, 11) is 0. The lowest BCUT2D eigenvalue weighted by atomic mass is 10.0. The molecule has 19 heavy (non-hydrogen) atoms. The highest BCUT2D eigenvalue weighted by molar-refractivity contribution is 9.10. The highest BCUT2D eigenvalue weighted by Crippen LogP contribution is 2.31. The van der Waals surface area contributed by atoms with E-state index in [9.17, 15) is 4.39 Å². The summed E-state index contributed by atoms with van der Waals surface area (Å²) in [6, 6.07) is 7.09. The average Bonchev–Trinajstić information content (AvgIpc) is 2.78. The number of hydrogen-bond donors (Lipinski definition) is 1. The summed E-state index contributed by atoms with van der Waals surface area (Å²) in [4.78, 5) is 1.06. The van der Waals surface area contributed by atoms with Crippen molar-refractivity contribution >= 4 is 38.9 Å². The van der Waals surface area contributed by atoms with E-state index in [1.54, 1.807) is 11.3 Å². The second-order valence-electron chi connectivity index (χ2n) is 4.18. The monoisotopic (exact) mass is 361 g/mol. The molecule has 1 aromatic carbocycles. The molecular formula is C14H14BrClFNS. The number of likely N-dealkylation sites (N-methyl/N-ethyl adjacent to an activating group) is 1. The Morgan fingerprint density at radius 2 is 2.21 bits per heavy atom. The van der Waals surface area contributed by atoms with Crippen LogP contribution in [0, 0.1) is 5.82 Å². The molecule has 0 radical (unpaired) electrons. The van der Waals surface area contributed by atoms with E-state index in [1.165, 1.54) is 6.07 Å². The quantitative estimate of drug-likeness (QED) is 0.771. The van der Waals surface area contributed by atoms with E-state index >= 15 is 0 Å². The number of benzene rings is 1. The van der Waals surface area contributed by atoms with Crippen LogP contribution in [-0.4, -0.2) is 6.54 Å². The molecule has 1 unspecified atom stereocenters. The first kappa shape index (κ1) is 15.0. The van der Waals surface area contributed by atoms with Gasteiger partial charge in [0.05, 0.1) is 5.02 Å². The molecule has 0 saturated heterocycles. The molecule has 1 heterocycles. The number of halogens is 3. The standard InChI is InChI=1S/C14H14BrClFNS/c1-2-18-13(14-11(16)5-6-19-14)7-9-3-4-10(15)8-12(9)17/h3-6,8,13,18H,2,7H2,1H3. The van der Waals surface area contributed by atoms with Gasteiger partial charge in [-0.2, -0.15) is 0 Å². The molecule has 102 valence electrons. The average molecular weight is 363 g/mol. The molecule has 1 atom stereocenters. The molecule has 5 heteroatoms. The van der Waals surface area contributed by atoms with E-state index in [0.29, 0.717) is 12.0 Å². The highest BCUT2D eigenvalue weighted by Gasteiger charge is 2.17. The van der Waals surface area contributed by atoms with Crippen molar-refractivity contribution in [3.05, 3.63) is 55.4 Å². The smallest absolute Gasteiger partial charge is 0.127 e. The van der Waals surface area contributed by atoms with Crippen LogP contribution < -0.4 is 5.32 Å². The van der Waals surface area contributed by atoms with Crippen LogP contribution in [0.5, 0.6) is 0 Å². The van der Waals surface area contributed by atoms with Gasteiger partial charge in [-0.25, -0.2) is 4.39 Å². The lowest BCUT2D eigenvalue weighted by Crippen LogP contribution is -2.22. The van der Waals surface area contributed by atoms with Gasteiger partial charge in [0.1, 0.15) is 5.82 Å². The van der Waals surface area contributed by atoms with Crippen molar-refractivity contribution in [2.75, 3.05) is 6.54 Å². The first-order valence-electron chi connectivity index (χ1n) is 6.02. The van der Waals surface area contributed by atoms with Gasteiger partial charge in [0.2, 0.25) is 0 Å². The number of rotatable bonds is 5. The molecule has 0 fully saturated rings. The first-order chi connectivity index (χ1) is 9.11. The van der Waals surface area contributed by atoms with Gasteiger partial charge in [0.15, 0.2) is 0 Å². The molecule has 0 bridgehead atoms. The fourth-order valence-corrected chi connectivity index (χ4v) is 3.56. The summed E-state index contributed by atoms with van der Waals surface area (Å²) in [6.07, 6.45) is 0.590. The molecule has 0 spiro atoms. The third-order valence-corrected chi connectivity index (χ3v) is 4.82. The minimum Gasteiger partial charge on any atom is -0.309 e. The Morgan fingerprint density at radius 3 is 2.79 bits per heavy atom. The van der Waals surface area contributed by atoms with Gasteiger partial charge in [0, 0.05) is 15.4 Å². The minimum atomic E-state index is -0.190. The topological polar surface area (TPSA) is 12.0 Å². The van der Waals surface area contributed by atoms with Crippen LogP contribution in [-0.2, 0) is 6.42 Å². The van der Waals surface area contributed by atoms with Gasteiger partial charge in [-0.1, -0.05) is 40.5 Å². The maximum Gasteiger partial charge on any atom is 0.127 e. The SMILES string of the molecule is CCNC(Cc1ccc(Br)cc1F)c1sccc1Cl. The van der Waals surface area contributed by atoms with Gasteiger partial charge < -0.3 is 5.32 Å². The first-order valence-corrected chi connectivity index (χ1v) is 8.07. The van der Waals surface area contributed by atoms with E-state index in [4.69, 9.17) is 11.6 Å². The molecular weight excluding hydrogens is 349 g/mol. The summed E-state index contributed by atoms with van der Waals surface area (Å²) in [5, 5.41) is 6.07. The number of nitrogens with one attached hydrogen (secondary N) is 1. The Bertz CT molecular complexity index is 558. The summed E-state index contributed by atoms with van der Waals surface area (Å²) < 4.78 is 14.7. The van der Waals surface area contributed by atoms with E-state index in [0.717, 1.165) is 20.9 Å². The van der Waals surface area contributed by atoms with Crippen molar-refractivity contribution < 1.29 is 4.39 Å². The van der Waals surface area contributed by atoms with Gasteiger partial charge in [-0.3, -0.25) is 0 Å². The molecule has 2 aromatic rings. The molecule has 0 saturated carbocycles. The molecule has 0 aliphatic carbocycles. The second kappa shape index (κ2) is 6.84. The molecule has 0 amide bonds. The van der Waals surface area contributed by atoms with Crippen molar-refractivity contribution in [3.63, 3.8) is 0 Å². The molecule has 1 N–H and O–H groups in total. The number of hydrogen-bond acceptors (Lipinski definition) is 2. The summed E-state index contributed by atoms with van der Waals surface area (Å²) in [6.45, 7) is 2.85. The normalized spacial score (nSPS) is 12.6. The Hall–Kier alpha value is -0.420. The third-order valence-electron chi connectivity index (χ3n) is 2.85. The summed E-state index contributed by atoms with van der Waals surface area (Å²) in [5.41, 5.74) is 0.693. The zero-order valence-electron chi connectivity index (χ0n) is 10.4.